The summed E-state index contributed by atoms with van der Waals surface area (Å²) in [5.74, 6) is 0.859. The summed E-state index contributed by atoms with van der Waals surface area (Å²) in [6.07, 6.45) is 2.40. The molecule has 0 saturated heterocycles. The highest BCUT2D eigenvalue weighted by atomic mass is 19.1. The van der Waals surface area contributed by atoms with Crippen LogP contribution in [-0.4, -0.2) is 17.6 Å². The average molecular weight is 342 g/mol. The van der Waals surface area contributed by atoms with Gasteiger partial charge in [-0.2, -0.15) is 0 Å². The van der Waals surface area contributed by atoms with Crippen molar-refractivity contribution in [1.29, 1.82) is 0 Å². The van der Waals surface area contributed by atoms with E-state index in [0.29, 0.717) is 18.7 Å². The second-order valence-corrected chi connectivity index (χ2v) is 5.87. The Morgan fingerprint density at radius 3 is 2.72 bits per heavy atom. The second kappa shape index (κ2) is 7.79. The van der Waals surface area contributed by atoms with Crippen molar-refractivity contribution in [2.24, 2.45) is 0 Å². The van der Waals surface area contributed by atoms with Crippen LogP contribution in [0.3, 0.4) is 0 Å². The van der Waals surface area contributed by atoms with Crippen LogP contribution in [0.4, 0.5) is 4.39 Å². The monoisotopic (exact) mass is 342 g/mol. The molecular weight excluding hydrogens is 323 g/mol. The molecule has 0 aliphatic heterocycles. The van der Waals surface area contributed by atoms with Crippen LogP contribution in [0.25, 0.3) is 0 Å². The van der Waals surface area contributed by atoms with Crippen molar-refractivity contribution in [3.8, 4) is 0 Å². The molecule has 0 aliphatic carbocycles. The SMILES string of the molecule is Cc1cc(CC(=O)NCCC(c2ccc(F)cc2)c2ccco2)on1. The molecule has 6 heteroatoms. The number of furan rings is 1. The summed E-state index contributed by atoms with van der Waals surface area (Å²) in [4.78, 5) is 12.0. The Morgan fingerprint density at radius 2 is 2.08 bits per heavy atom. The van der Waals surface area contributed by atoms with Gasteiger partial charge in [0.05, 0.1) is 18.4 Å². The van der Waals surface area contributed by atoms with Gasteiger partial charge in [0, 0.05) is 18.5 Å². The van der Waals surface area contributed by atoms with E-state index in [1.165, 1.54) is 12.1 Å². The molecule has 0 fully saturated rings. The first kappa shape index (κ1) is 17.0. The quantitative estimate of drug-likeness (QED) is 0.712. The Morgan fingerprint density at radius 1 is 1.28 bits per heavy atom. The van der Waals surface area contributed by atoms with E-state index in [9.17, 15) is 9.18 Å². The minimum Gasteiger partial charge on any atom is -0.469 e. The van der Waals surface area contributed by atoms with Gasteiger partial charge in [-0.15, -0.1) is 0 Å². The molecule has 0 bridgehead atoms. The predicted molar refractivity (Wildman–Crippen MR) is 89.5 cm³/mol. The number of aromatic nitrogens is 1. The number of amides is 1. The van der Waals surface area contributed by atoms with Gasteiger partial charge in [0.15, 0.2) is 0 Å². The van der Waals surface area contributed by atoms with E-state index in [2.05, 4.69) is 10.5 Å². The Labute approximate surface area is 144 Å². The molecule has 1 amide bonds. The van der Waals surface area contributed by atoms with E-state index in [0.717, 1.165) is 17.0 Å². The number of hydrogen-bond donors (Lipinski definition) is 1. The van der Waals surface area contributed by atoms with E-state index in [-0.39, 0.29) is 24.1 Å². The van der Waals surface area contributed by atoms with Crippen molar-refractivity contribution in [3.63, 3.8) is 0 Å². The molecule has 2 aromatic heterocycles. The molecule has 5 nitrogen and oxygen atoms in total. The van der Waals surface area contributed by atoms with Crippen molar-refractivity contribution < 1.29 is 18.1 Å². The van der Waals surface area contributed by atoms with Crippen molar-refractivity contribution in [2.75, 3.05) is 6.54 Å². The number of benzene rings is 1. The highest BCUT2D eigenvalue weighted by Crippen LogP contribution is 2.28. The number of carbonyl (C=O) groups is 1. The summed E-state index contributed by atoms with van der Waals surface area (Å²) in [6, 6.07) is 11.8. The molecule has 0 radical (unpaired) electrons. The Hall–Kier alpha value is -2.89. The van der Waals surface area contributed by atoms with Crippen LogP contribution in [0, 0.1) is 12.7 Å². The number of carbonyl (C=O) groups excluding carboxylic acids is 1. The van der Waals surface area contributed by atoms with E-state index in [1.807, 2.05) is 19.1 Å². The van der Waals surface area contributed by atoms with Crippen LogP contribution in [0.15, 0.2) is 57.7 Å². The summed E-state index contributed by atoms with van der Waals surface area (Å²) in [6.45, 7) is 2.27. The molecule has 130 valence electrons. The average Bonchev–Trinajstić information content (AvgIpc) is 3.25. The Bertz CT molecular complexity index is 810. The zero-order valence-electron chi connectivity index (χ0n) is 13.9. The summed E-state index contributed by atoms with van der Waals surface area (Å²) in [5, 5.41) is 6.63. The van der Waals surface area contributed by atoms with E-state index in [1.54, 1.807) is 24.5 Å². The third-order valence-corrected chi connectivity index (χ3v) is 3.93. The molecule has 1 aromatic carbocycles. The molecule has 25 heavy (non-hydrogen) atoms. The van der Waals surface area contributed by atoms with Gasteiger partial charge in [-0.05, 0) is 43.2 Å². The third kappa shape index (κ3) is 4.56. The van der Waals surface area contributed by atoms with E-state index in [4.69, 9.17) is 8.94 Å². The summed E-state index contributed by atoms with van der Waals surface area (Å²) in [5.41, 5.74) is 1.69. The van der Waals surface area contributed by atoms with Crippen LogP contribution in [0.2, 0.25) is 0 Å². The first-order valence-corrected chi connectivity index (χ1v) is 8.09. The first-order chi connectivity index (χ1) is 12.1. The van der Waals surface area contributed by atoms with Crippen molar-refractivity contribution in [3.05, 3.63) is 77.3 Å². The van der Waals surface area contributed by atoms with Crippen molar-refractivity contribution >= 4 is 5.91 Å². The van der Waals surface area contributed by atoms with Crippen LogP contribution in [-0.2, 0) is 11.2 Å². The zero-order valence-corrected chi connectivity index (χ0v) is 13.9. The fourth-order valence-corrected chi connectivity index (χ4v) is 2.73. The number of nitrogens with one attached hydrogen (secondary N) is 1. The van der Waals surface area contributed by atoms with Crippen molar-refractivity contribution in [2.45, 2.75) is 25.7 Å². The molecule has 0 aliphatic rings. The van der Waals surface area contributed by atoms with Crippen LogP contribution < -0.4 is 5.32 Å². The smallest absolute Gasteiger partial charge is 0.227 e. The van der Waals surface area contributed by atoms with Gasteiger partial charge >= 0.3 is 0 Å². The zero-order chi connectivity index (χ0) is 17.6. The number of nitrogens with zero attached hydrogens (tertiary/aromatic N) is 1. The molecule has 1 atom stereocenters. The lowest BCUT2D eigenvalue weighted by Gasteiger charge is -2.15. The number of halogens is 1. The number of rotatable bonds is 7. The van der Waals surface area contributed by atoms with E-state index < -0.39 is 0 Å². The second-order valence-electron chi connectivity index (χ2n) is 5.87. The molecule has 3 aromatic rings. The summed E-state index contributed by atoms with van der Waals surface area (Å²) in [7, 11) is 0. The highest BCUT2D eigenvalue weighted by Gasteiger charge is 2.17. The summed E-state index contributed by atoms with van der Waals surface area (Å²) >= 11 is 0. The first-order valence-electron chi connectivity index (χ1n) is 8.09. The molecule has 1 N–H and O–H groups in total. The predicted octanol–water partition coefficient (Wildman–Crippen LogP) is 3.60. The minimum atomic E-state index is -0.280. The molecule has 2 heterocycles. The maximum atomic E-state index is 13.2. The van der Waals surface area contributed by atoms with Gasteiger partial charge in [-0.1, -0.05) is 17.3 Å². The maximum Gasteiger partial charge on any atom is 0.227 e. The topological polar surface area (TPSA) is 68.3 Å². The lowest BCUT2D eigenvalue weighted by atomic mass is 9.93. The highest BCUT2D eigenvalue weighted by molar-refractivity contribution is 5.77. The fraction of sp³-hybridized carbons (Fsp3) is 0.263. The molecule has 0 saturated carbocycles. The van der Waals surface area contributed by atoms with Crippen LogP contribution >= 0.6 is 0 Å². The lowest BCUT2D eigenvalue weighted by molar-refractivity contribution is -0.120. The van der Waals surface area contributed by atoms with Crippen LogP contribution in [0.5, 0.6) is 0 Å². The van der Waals surface area contributed by atoms with Gasteiger partial charge < -0.3 is 14.3 Å². The third-order valence-electron chi connectivity index (χ3n) is 3.93. The molecule has 3 rings (SSSR count). The molecular formula is C19H19FN2O3. The van der Waals surface area contributed by atoms with E-state index >= 15 is 0 Å². The van der Waals surface area contributed by atoms with Gasteiger partial charge in [0.2, 0.25) is 5.91 Å². The minimum absolute atomic E-state index is 0.0524. The van der Waals surface area contributed by atoms with Gasteiger partial charge in [-0.25, -0.2) is 4.39 Å². The van der Waals surface area contributed by atoms with Gasteiger partial charge in [0.1, 0.15) is 17.3 Å². The van der Waals surface area contributed by atoms with Crippen molar-refractivity contribution in [1.82, 2.24) is 10.5 Å². The fourth-order valence-electron chi connectivity index (χ4n) is 2.73. The number of hydrogen-bond acceptors (Lipinski definition) is 4. The standard InChI is InChI=1S/C19H19FN2O3/c1-13-11-16(25-22-13)12-19(23)21-9-8-17(18-3-2-10-24-18)14-4-6-15(20)7-5-14/h2-7,10-11,17H,8-9,12H2,1H3,(H,21,23). The number of aryl methyl sites for hydroxylation is 1. The largest absolute Gasteiger partial charge is 0.469 e. The molecule has 0 spiro atoms. The lowest BCUT2D eigenvalue weighted by Crippen LogP contribution is -2.27. The summed E-state index contributed by atoms with van der Waals surface area (Å²) < 4.78 is 23.7. The van der Waals surface area contributed by atoms with Gasteiger partial charge in [0.25, 0.3) is 0 Å². The Kier molecular flexibility index (Phi) is 5.28. The normalized spacial score (nSPS) is 12.1. The molecule has 1 unspecified atom stereocenters. The maximum absolute atomic E-state index is 13.2. The van der Waals surface area contributed by atoms with Crippen LogP contribution in [0.1, 0.15) is 35.1 Å². The Balaban J connectivity index is 1.59. The van der Waals surface area contributed by atoms with Gasteiger partial charge in [-0.3, -0.25) is 4.79 Å².